The lowest BCUT2D eigenvalue weighted by atomic mass is 9.84. The number of hydrogen-bond donors (Lipinski definition) is 2. The average molecular weight is 398 g/mol. The first-order chi connectivity index (χ1) is 11.1. The molecule has 3 heterocycles. The number of ether oxygens (including phenoxy) is 1. The van der Waals surface area contributed by atoms with Crippen LogP contribution in [0.4, 0.5) is 0 Å². The summed E-state index contributed by atoms with van der Waals surface area (Å²) in [6.45, 7) is 3.36. The standard InChI is InChI=1S/C16H20BrN3O2S/c1-22-14-3-2-11(17)8-12(14)15(21)19-16(23)18-13-9-20-6-4-10(13)5-7-20/h2-3,8,10,13H,4-7,9H2,1H3,(H2,18,19,21,23). The molecule has 1 aromatic rings. The molecule has 0 spiro atoms. The number of hydrogen-bond acceptors (Lipinski definition) is 4. The van der Waals surface area contributed by atoms with Gasteiger partial charge in [0.2, 0.25) is 0 Å². The van der Waals surface area contributed by atoms with E-state index in [1.165, 1.54) is 25.9 Å². The van der Waals surface area contributed by atoms with E-state index in [1.807, 2.05) is 6.07 Å². The van der Waals surface area contributed by atoms with Crippen molar-refractivity contribution >= 4 is 39.2 Å². The van der Waals surface area contributed by atoms with Crippen LogP contribution in [0.5, 0.6) is 5.75 Å². The maximum absolute atomic E-state index is 12.4. The van der Waals surface area contributed by atoms with Crippen molar-refractivity contribution in [2.45, 2.75) is 18.9 Å². The van der Waals surface area contributed by atoms with Crippen LogP contribution in [-0.4, -0.2) is 48.7 Å². The molecule has 0 radical (unpaired) electrons. The van der Waals surface area contributed by atoms with Gasteiger partial charge in [-0.3, -0.25) is 10.1 Å². The third-order valence-electron chi connectivity index (χ3n) is 4.61. The highest BCUT2D eigenvalue weighted by Gasteiger charge is 2.34. The van der Waals surface area contributed by atoms with Gasteiger partial charge in [-0.2, -0.15) is 0 Å². The Balaban J connectivity index is 1.61. The number of rotatable bonds is 3. The topological polar surface area (TPSA) is 53.6 Å². The van der Waals surface area contributed by atoms with E-state index in [1.54, 1.807) is 19.2 Å². The molecule has 0 aliphatic carbocycles. The number of methoxy groups -OCH3 is 1. The molecule has 1 atom stereocenters. The van der Waals surface area contributed by atoms with E-state index in [-0.39, 0.29) is 5.91 Å². The Kier molecular flexibility index (Phi) is 5.18. The number of amides is 1. The quantitative estimate of drug-likeness (QED) is 0.765. The van der Waals surface area contributed by atoms with Crippen LogP contribution >= 0.6 is 28.1 Å². The second-order valence-corrected chi connectivity index (χ2v) is 7.34. The zero-order chi connectivity index (χ0) is 16.4. The highest BCUT2D eigenvalue weighted by atomic mass is 79.9. The number of fused-ring (bicyclic) bond motifs is 3. The van der Waals surface area contributed by atoms with Crippen LogP contribution in [0.1, 0.15) is 23.2 Å². The van der Waals surface area contributed by atoms with Gasteiger partial charge in [-0.1, -0.05) is 15.9 Å². The molecule has 3 saturated heterocycles. The molecule has 0 aromatic heterocycles. The van der Waals surface area contributed by atoms with Gasteiger partial charge in [0.05, 0.1) is 12.7 Å². The molecular weight excluding hydrogens is 378 g/mol. The molecule has 23 heavy (non-hydrogen) atoms. The van der Waals surface area contributed by atoms with E-state index >= 15 is 0 Å². The van der Waals surface area contributed by atoms with Crippen LogP contribution in [0.15, 0.2) is 22.7 Å². The van der Waals surface area contributed by atoms with Crippen LogP contribution < -0.4 is 15.4 Å². The van der Waals surface area contributed by atoms with Crippen LogP contribution in [0.25, 0.3) is 0 Å². The van der Waals surface area contributed by atoms with Crippen LogP contribution in [0.3, 0.4) is 0 Å². The van der Waals surface area contributed by atoms with Gasteiger partial charge < -0.3 is 15.0 Å². The maximum Gasteiger partial charge on any atom is 0.261 e. The monoisotopic (exact) mass is 397 g/mol. The van der Waals surface area contributed by atoms with Crippen LogP contribution in [0, 0.1) is 5.92 Å². The van der Waals surface area contributed by atoms with E-state index in [4.69, 9.17) is 17.0 Å². The second-order valence-electron chi connectivity index (χ2n) is 6.02. The Labute approximate surface area is 149 Å². The van der Waals surface area contributed by atoms with Gasteiger partial charge in [-0.05, 0) is 62.3 Å². The molecule has 2 N–H and O–H groups in total. The van der Waals surface area contributed by atoms with Crippen molar-refractivity contribution < 1.29 is 9.53 Å². The van der Waals surface area contributed by atoms with Gasteiger partial charge >= 0.3 is 0 Å². The molecule has 7 heteroatoms. The third-order valence-corrected chi connectivity index (χ3v) is 5.32. The van der Waals surface area contributed by atoms with Crippen LogP contribution in [-0.2, 0) is 0 Å². The van der Waals surface area contributed by atoms with Gasteiger partial charge in [0.15, 0.2) is 5.11 Å². The molecule has 1 amide bonds. The predicted molar refractivity (Wildman–Crippen MR) is 96.8 cm³/mol. The van der Waals surface area contributed by atoms with Gasteiger partial charge in [0.1, 0.15) is 5.75 Å². The van der Waals surface area contributed by atoms with Gasteiger partial charge in [0.25, 0.3) is 5.91 Å². The first-order valence-electron chi connectivity index (χ1n) is 7.74. The lowest BCUT2D eigenvalue weighted by molar-refractivity contribution is 0.0807. The molecule has 5 nitrogen and oxygen atoms in total. The van der Waals surface area contributed by atoms with Gasteiger partial charge in [-0.15, -0.1) is 0 Å². The molecular formula is C16H20BrN3O2S. The number of nitrogens with one attached hydrogen (secondary N) is 2. The summed E-state index contributed by atoms with van der Waals surface area (Å²) in [5.41, 5.74) is 0.458. The van der Waals surface area contributed by atoms with Crippen molar-refractivity contribution in [3.63, 3.8) is 0 Å². The number of benzene rings is 1. The predicted octanol–water partition coefficient (Wildman–Crippen LogP) is 2.16. The minimum Gasteiger partial charge on any atom is -0.496 e. The normalized spacial score (nSPS) is 25.7. The number of carbonyl (C=O) groups is 1. The smallest absolute Gasteiger partial charge is 0.261 e. The molecule has 124 valence electrons. The zero-order valence-corrected chi connectivity index (χ0v) is 15.4. The van der Waals surface area contributed by atoms with Crippen molar-refractivity contribution in [1.29, 1.82) is 0 Å². The van der Waals surface area contributed by atoms with E-state index in [2.05, 4.69) is 31.5 Å². The highest BCUT2D eigenvalue weighted by Crippen LogP contribution is 2.27. The fourth-order valence-corrected chi connectivity index (χ4v) is 3.97. The van der Waals surface area contributed by atoms with Crippen molar-refractivity contribution in [3.8, 4) is 5.75 Å². The summed E-state index contributed by atoms with van der Waals surface area (Å²) < 4.78 is 6.06. The van der Waals surface area contributed by atoms with Crippen molar-refractivity contribution in [3.05, 3.63) is 28.2 Å². The minimum atomic E-state index is -0.262. The molecule has 1 aromatic carbocycles. The van der Waals surface area contributed by atoms with E-state index in [0.29, 0.717) is 28.4 Å². The second kappa shape index (κ2) is 7.15. The fraction of sp³-hybridized carbons (Fsp3) is 0.500. The summed E-state index contributed by atoms with van der Waals surface area (Å²) >= 11 is 8.70. The molecule has 1 unspecified atom stereocenters. The molecule has 3 aliphatic heterocycles. The largest absolute Gasteiger partial charge is 0.496 e. The third kappa shape index (κ3) is 3.84. The number of halogens is 1. The lowest BCUT2D eigenvalue weighted by Crippen LogP contribution is -2.59. The Bertz CT molecular complexity index is 617. The van der Waals surface area contributed by atoms with Crippen molar-refractivity contribution in [2.24, 2.45) is 5.92 Å². The first kappa shape index (κ1) is 16.7. The number of carbonyl (C=O) groups excluding carboxylic acids is 1. The average Bonchev–Trinajstić information content (AvgIpc) is 2.55. The van der Waals surface area contributed by atoms with Gasteiger partial charge in [0, 0.05) is 17.1 Å². The fourth-order valence-electron chi connectivity index (χ4n) is 3.36. The summed E-state index contributed by atoms with van der Waals surface area (Å²) in [6, 6.07) is 5.64. The molecule has 2 bridgehead atoms. The van der Waals surface area contributed by atoms with E-state index in [9.17, 15) is 4.79 Å². The summed E-state index contributed by atoms with van der Waals surface area (Å²) in [4.78, 5) is 14.9. The molecule has 4 rings (SSSR count). The Morgan fingerprint density at radius 1 is 1.39 bits per heavy atom. The summed E-state index contributed by atoms with van der Waals surface area (Å²) in [7, 11) is 1.55. The minimum absolute atomic E-state index is 0.262. The number of thiocarbonyl (C=S) groups is 1. The summed E-state index contributed by atoms with van der Waals surface area (Å²) in [6.07, 6.45) is 2.40. The molecule has 3 fully saturated rings. The maximum atomic E-state index is 12.4. The Hall–Kier alpha value is -1.18. The number of nitrogens with zero attached hydrogens (tertiary/aromatic N) is 1. The van der Waals surface area contributed by atoms with E-state index < -0.39 is 0 Å². The van der Waals surface area contributed by atoms with E-state index in [0.717, 1.165) is 11.0 Å². The zero-order valence-electron chi connectivity index (χ0n) is 13.0. The molecule has 3 aliphatic rings. The summed E-state index contributed by atoms with van der Waals surface area (Å²) in [5, 5.41) is 6.46. The van der Waals surface area contributed by atoms with Crippen LogP contribution in [0.2, 0.25) is 0 Å². The Morgan fingerprint density at radius 3 is 2.74 bits per heavy atom. The highest BCUT2D eigenvalue weighted by molar-refractivity contribution is 9.10. The lowest BCUT2D eigenvalue weighted by Gasteiger charge is -2.45. The van der Waals surface area contributed by atoms with Crippen molar-refractivity contribution in [2.75, 3.05) is 26.7 Å². The summed E-state index contributed by atoms with van der Waals surface area (Å²) in [5.74, 6) is 0.911. The SMILES string of the molecule is COc1ccc(Br)cc1C(=O)NC(=S)NC1CN2CCC1CC2. The first-order valence-corrected chi connectivity index (χ1v) is 8.94. The number of piperidine rings is 3. The molecule has 0 saturated carbocycles. The van der Waals surface area contributed by atoms with Crippen molar-refractivity contribution in [1.82, 2.24) is 15.5 Å². The van der Waals surface area contributed by atoms with Gasteiger partial charge in [-0.25, -0.2) is 0 Å². The Morgan fingerprint density at radius 2 is 2.13 bits per heavy atom.